The number of sulfonamides is 1. The Labute approximate surface area is 288 Å². The maximum absolute atomic E-state index is 14.1. The van der Waals surface area contributed by atoms with Crippen molar-refractivity contribution in [2.45, 2.75) is 43.4 Å². The number of imidazole rings is 1. The number of likely N-dealkylation sites (tertiary alicyclic amines) is 1. The number of halogens is 3. The maximum Gasteiger partial charge on any atom is 0.416 e. The number of aryl methyl sites for hydroxylation is 2. The second-order valence-electron chi connectivity index (χ2n) is 12.5. The summed E-state index contributed by atoms with van der Waals surface area (Å²) in [7, 11) is 1.41. The highest BCUT2D eigenvalue weighted by Crippen LogP contribution is 2.36. The Bertz CT molecular complexity index is 2150. The predicted molar refractivity (Wildman–Crippen MR) is 184 cm³/mol. The third-order valence-electron chi connectivity index (χ3n) is 9.12. The van der Waals surface area contributed by atoms with Crippen molar-refractivity contribution in [1.29, 1.82) is 0 Å². The fraction of sp³-hybridized carbons (Fsp3) is 0.297. The summed E-state index contributed by atoms with van der Waals surface area (Å²) in [4.78, 5) is 20.4. The molecule has 6 rings (SSSR count). The number of carbonyl (C=O) groups is 1. The van der Waals surface area contributed by atoms with Crippen LogP contribution in [0.15, 0.2) is 89.8 Å². The van der Waals surface area contributed by atoms with Gasteiger partial charge in [0.05, 0.1) is 32.7 Å². The first-order valence-electron chi connectivity index (χ1n) is 16.1. The number of benzene rings is 4. The zero-order valence-electron chi connectivity index (χ0n) is 28.1. The van der Waals surface area contributed by atoms with E-state index < -0.39 is 27.7 Å². The molecule has 262 valence electrons. The summed E-state index contributed by atoms with van der Waals surface area (Å²) in [6.45, 7) is 3.61. The standard InChI is InChI=1S/C37H37F3N4O5S/c1-24-41-34-21-31(20-33(35(34)43(24)3)25-10-8-18-42(2)22-25)50(46,47)44(4)28-11-7-12-30(19-28)49-36(45)32-13-6-5-9-26(32)23-48-29-16-14-27(15-17-29)37(38,39)40/h5-7,9,11-17,19-21,25H,8,10,18,22-23H2,1-4H3/t25-/m1/s1. The minimum absolute atomic E-state index is 0.100. The van der Waals surface area contributed by atoms with Gasteiger partial charge in [-0.2, -0.15) is 13.2 Å². The molecule has 9 nitrogen and oxygen atoms in total. The van der Waals surface area contributed by atoms with Gasteiger partial charge in [0.2, 0.25) is 0 Å². The summed E-state index contributed by atoms with van der Waals surface area (Å²) in [6, 6.07) is 20.4. The molecule has 0 aliphatic carbocycles. The van der Waals surface area contributed by atoms with E-state index in [1.807, 2.05) is 18.5 Å². The van der Waals surface area contributed by atoms with Crippen LogP contribution in [0.1, 0.15) is 51.6 Å². The van der Waals surface area contributed by atoms with Crippen molar-refractivity contribution >= 4 is 32.7 Å². The van der Waals surface area contributed by atoms with E-state index in [0.717, 1.165) is 59.3 Å². The number of esters is 1. The van der Waals surface area contributed by atoms with Gasteiger partial charge in [0.25, 0.3) is 10.0 Å². The molecule has 2 heterocycles. The number of hydrogen-bond donors (Lipinski definition) is 0. The molecular weight excluding hydrogens is 669 g/mol. The van der Waals surface area contributed by atoms with Gasteiger partial charge < -0.3 is 18.9 Å². The number of hydrogen-bond acceptors (Lipinski definition) is 7. The van der Waals surface area contributed by atoms with Gasteiger partial charge in [0, 0.05) is 32.3 Å². The highest BCUT2D eigenvalue weighted by molar-refractivity contribution is 7.92. The third-order valence-corrected chi connectivity index (χ3v) is 10.9. The topological polar surface area (TPSA) is 94.0 Å². The van der Waals surface area contributed by atoms with Crippen LogP contribution in [0.4, 0.5) is 18.9 Å². The summed E-state index contributed by atoms with van der Waals surface area (Å²) in [5, 5.41) is 0. The first kappa shape index (κ1) is 35.0. The zero-order chi connectivity index (χ0) is 35.8. The van der Waals surface area contributed by atoms with E-state index in [2.05, 4.69) is 16.9 Å². The van der Waals surface area contributed by atoms with E-state index in [0.29, 0.717) is 11.1 Å². The van der Waals surface area contributed by atoms with Crippen LogP contribution in [-0.2, 0) is 29.9 Å². The van der Waals surface area contributed by atoms with Gasteiger partial charge in [-0.3, -0.25) is 4.31 Å². The molecule has 1 atom stereocenters. The van der Waals surface area contributed by atoms with E-state index in [1.165, 1.54) is 25.2 Å². The quantitative estimate of drug-likeness (QED) is 0.117. The molecule has 5 aromatic rings. The number of alkyl halides is 3. The van der Waals surface area contributed by atoms with Gasteiger partial charge in [-0.15, -0.1) is 0 Å². The summed E-state index contributed by atoms with van der Waals surface area (Å²) in [5.41, 5.74) is 2.63. The van der Waals surface area contributed by atoms with Crippen LogP contribution in [0, 0.1) is 6.92 Å². The van der Waals surface area contributed by atoms with Gasteiger partial charge in [0.1, 0.15) is 23.9 Å². The first-order chi connectivity index (χ1) is 23.7. The molecule has 0 unspecified atom stereocenters. The second-order valence-corrected chi connectivity index (χ2v) is 14.5. The minimum Gasteiger partial charge on any atom is -0.489 e. The molecule has 0 bridgehead atoms. The number of rotatable bonds is 9. The van der Waals surface area contributed by atoms with Gasteiger partial charge in [0.15, 0.2) is 0 Å². The van der Waals surface area contributed by atoms with Gasteiger partial charge in [-0.1, -0.05) is 24.3 Å². The van der Waals surface area contributed by atoms with Crippen LogP contribution in [0.25, 0.3) is 11.0 Å². The van der Waals surface area contributed by atoms with E-state index in [9.17, 15) is 26.4 Å². The normalized spacial score (nSPS) is 15.6. The Kier molecular flexibility index (Phi) is 9.65. The van der Waals surface area contributed by atoms with Crippen molar-refractivity contribution < 1.29 is 35.9 Å². The van der Waals surface area contributed by atoms with E-state index >= 15 is 0 Å². The molecule has 0 radical (unpaired) electrons. The van der Waals surface area contributed by atoms with Crippen LogP contribution < -0.4 is 13.8 Å². The molecule has 1 fully saturated rings. The number of piperidine rings is 1. The fourth-order valence-corrected chi connectivity index (χ4v) is 7.55. The predicted octanol–water partition coefficient (Wildman–Crippen LogP) is 7.33. The van der Waals surface area contributed by atoms with Crippen LogP contribution in [0.2, 0.25) is 0 Å². The molecule has 13 heteroatoms. The zero-order valence-corrected chi connectivity index (χ0v) is 28.9. The van der Waals surface area contributed by atoms with Crippen molar-refractivity contribution in [3.8, 4) is 11.5 Å². The van der Waals surface area contributed by atoms with Crippen LogP contribution in [0.5, 0.6) is 11.5 Å². The summed E-state index contributed by atoms with van der Waals surface area (Å²) in [6.07, 6.45) is -2.51. The lowest BCUT2D eigenvalue weighted by Gasteiger charge is -2.31. The van der Waals surface area contributed by atoms with Crippen molar-refractivity contribution in [3.63, 3.8) is 0 Å². The number of carbonyl (C=O) groups excluding carboxylic acids is 1. The number of aromatic nitrogens is 2. The van der Waals surface area contributed by atoms with Crippen LogP contribution in [0.3, 0.4) is 0 Å². The SMILES string of the molecule is Cc1nc2cc(S(=O)(=O)N(C)c3cccc(OC(=O)c4ccccc4COc4ccc(C(F)(F)F)cc4)c3)cc([C@@H]3CCCN(C)C3)c2n1C. The molecular formula is C37H37F3N4O5S. The molecule has 1 aromatic heterocycles. The summed E-state index contributed by atoms with van der Waals surface area (Å²) >= 11 is 0. The number of likely N-dealkylation sites (N-methyl/N-ethyl adjacent to an activating group) is 1. The maximum atomic E-state index is 14.1. The van der Waals surface area contributed by atoms with Crippen molar-refractivity contribution in [2.24, 2.45) is 7.05 Å². The Morgan fingerprint density at radius 1 is 0.980 bits per heavy atom. The molecule has 0 saturated carbocycles. The molecule has 4 aromatic carbocycles. The lowest BCUT2D eigenvalue weighted by atomic mass is 9.90. The van der Waals surface area contributed by atoms with Crippen LogP contribution in [-0.4, -0.2) is 56.0 Å². The lowest BCUT2D eigenvalue weighted by Crippen LogP contribution is -2.31. The molecule has 0 spiro atoms. The van der Waals surface area contributed by atoms with Gasteiger partial charge >= 0.3 is 12.1 Å². The molecule has 50 heavy (non-hydrogen) atoms. The fourth-order valence-electron chi connectivity index (χ4n) is 6.30. The molecule has 1 saturated heterocycles. The Morgan fingerprint density at radius 2 is 1.72 bits per heavy atom. The number of anilines is 1. The first-order valence-corrected chi connectivity index (χ1v) is 17.5. The monoisotopic (exact) mass is 706 g/mol. The Morgan fingerprint density at radius 3 is 2.44 bits per heavy atom. The summed E-state index contributed by atoms with van der Waals surface area (Å²) < 4.78 is 81.5. The minimum atomic E-state index is -4.46. The molecule has 1 aliphatic rings. The second kappa shape index (κ2) is 13.8. The Balaban J connectivity index is 1.22. The Hall–Kier alpha value is -4.88. The molecule has 0 amide bonds. The van der Waals surface area contributed by atoms with Crippen molar-refractivity contribution in [1.82, 2.24) is 14.5 Å². The number of fused-ring (bicyclic) bond motifs is 1. The number of ether oxygens (including phenoxy) is 2. The van der Waals surface area contributed by atoms with Crippen molar-refractivity contribution in [2.75, 3.05) is 31.5 Å². The van der Waals surface area contributed by atoms with Crippen molar-refractivity contribution in [3.05, 3.63) is 113 Å². The highest BCUT2D eigenvalue weighted by atomic mass is 32.2. The van der Waals surface area contributed by atoms with Crippen LogP contribution >= 0.6 is 0 Å². The van der Waals surface area contributed by atoms with Gasteiger partial charge in [-0.05, 0) is 99.4 Å². The number of nitrogens with zero attached hydrogens (tertiary/aromatic N) is 4. The van der Waals surface area contributed by atoms with Gasteiger partial charge in [-0.25, -0.2) is 18.2 Å². The third kappa shape index (κ3) is 7.19. The molecule has 1 aliphatic heterocycles. The highest BCUT2D eigenvalue weighted by Gasteiger charge is 2.31. The largest absolute Gasteiger partial charge is 0.489 e. The van der Waals surface area contributed by atoms with E-state index in [4.69, 9.17) is 9.47 Å². The lowest BCUT2D eigenvalue weighted by molar-refractivity contribution is -0.137. The van der Waals surface area contributed by atoms with E-state index in [1.54, 1.807) is 54.6 Å². The van der Waals surface area contributed by atoms with E-state index in [-0.39, 0.29) is 40.2 Å². The summed E-state index contributed by atoms with van der Waals surface area (Å²) in [5.74, 6) is 0.550. The average molecular weight is 707 g/mol. The smallest absolute Gasteiger partial charge is 0.416 e. The molecule has 0 N–H and O–H groups in total. The average Bonchev–Trinajstić information content (AvgIpc) is 3.39.